The van der Waals surface area contributed by atoms with Gasteiger partial charge in [-0.15, -0.1) is 0 Å². The van der Waals surface area contributed by atoms with Crippen molar-refractivity contribution in [2.75, 3.05) is 59.4 Å². The normalized spacial score (nSPS) is 12.8. The fraction of sp³-hybridized carbons (Fsp3) is 0.933. The van der Waals surface area contributed by atoms with Crippen molar-refractivity contribution < 1.29 is 23.7 Å². The molecule has 6 nitrogen and oxygen atoms in total. The topological polar surface area (TPSA) is 66.0 Å². The lowest BCUT2D eigenvalue weighted by Crippen LogP contribution is -2.25. The highest BCUT2D eigenvalue weighted by molar-refractivity contribution is 7.80. The van der Waals surface area contributed by atoms with Gasteiger partial charge in [-0.05, 0) is 6.92 Å². The summed E-state index contributed by atoms with van der Waals surface area (Å²) in [6.45, 7) is 10.4. The summed E-state index contributed by atoms with van der Waals surface area (Å²) in [4.78, 5) is 11.3. The number of carbonyl (C=O) groups is 1. The van der Waals surface area contributed by atoms with Gasteiger partial charge in [-0.2, -0.15) is 12.6 Å². The highest BCUT2D eigenvalue weighted by atomic mass is 32.1. The van der Waals surface area contributed by atoms with Crippen LogP contribution >= 0.6 is 12.6 Å². The summed E-state index contributed by atoms with van der Waals surface area (Å²) in [5, 5.41) is 3.32. The van der Waals surface area contributed by atoms with Gasteiger partial charge in [-0.1, -0.05) is 13.8 Å². The number of thiol groups is 1. The van der Waals surface area contributed by atoms with Crippen molar-refractivity contribution in [3.05, 3.63) is 0 Å². The third-order valence-electron chi connectivity index (χ3n) is 2.69. The number of ether oxygens (including phenoxy) is 4. The van der Waals surface area contributed by atoms with Gasteiger partial charge in [0.25, 0.3) is 0 Å². The monoisotopic (exact) mass is 337 g/mol. The molecule has 0 saturated heterocycles. The van der Waals surface area contributed by atoms with Gasteiger partial charge in [0.1, 0.15) is 6.61 Å². The van der Waals surface area contributed by atoms with E-state index in [9.17, 15) is 4.79 Å². The lowest BCUT2D eigenvalue weighted by atomic mass is 10.1. The zero-order chi connectivity index (χ0) is 16.6. The standard InChI is InChI=1S/C15H31NO5S/c1-13(2)15(17)12-21-11-10-20-9-8-19-7-6-18-5-4-16-14(3)22/h13-14,16,22H,4-12H2,1-3H3/t14-/m0/s1. The van der Waals surface area contributed by atoms with E-state index < -0.39 is 0 Å². The summed E-state index contributed by atoms with van der Waals surface area (Å²) in [5.74, 6) is 0.135. The van der Waals surface area contributed by atoms with Crippen LogP contribution in [0.2, 0.25) is 0 Å². The van der Waals surface area contributed by atoms with Gasteiger partial charge >= 0.3 is 0 Å². The molecule has 1 N–H and O–H groups in total. The summed E-state index contributed by atoms with van der Waals surface area (Å²) in [6, 6.07) is 0. The quantitative estimate of drug-likeness (QED) is 0.250. The van der Waals surface area contributed by atoms with Crippen LogP contribution in [-0.2, 0) is 23.7 Å². The minimum absolute atomic E-state index is 0.0219. The molecule has 0 spiro atoms. The van der Waals surface area contributed by atoms with Gasteiger partial charge in [0.05, 0.1) is 46.2 Å². The van der Waals surface area contributed by atoms with Crippen LogP contribution in [0.3, 0.4) is 0 Å². The highest BCUT2D eigenvalue weighted by Gasteiger charge is 2.06. The fourth-order valence-electron chi connectivity index (χ4n) is 1.34. The number of nitrogens with one attached hydrogen (secondary N) is 1. The predicted octanol–water partition coefficient (Wildman–Crippen LogP) is 1.14. The smallest absolute Gasteiger partial charge is 0.160 e. The molecule has 0 radical (unpaired) electrons. The molecule has 0 aromatic rings. The first-order valence-corrected chi connectivity index (χ1v) is 8.30. The largest absolute Gasteiger partial charge is 0.378 e. The SMILES string of the molecule is CC(C)C(=O)COCCOCCOCCOCCN[C@H](C)S. The molecule has 0 bridgehead atoms. The average molecular weight is 337 g/mol. The number of hydrogen-bond donors (Lipinski definition) is 2. The van der Waals surface area contributed by atoms with Crippen LogP contribution in [0.4, 0.5) is 0 Å². The Balaban J connectivity index is 3.07. The number of ketones is 1. The molecule has 1 atom stereocenters. The van der Waals surface area contributed by atoms with Crippen LogP contribution in [0, 0.1) is 5.92 Å². The van der Waals surface area contributed by atoms with E-state index in [4.69, 9.17) is 18.9 Å². The van der Waals surface area contributed by atoms with E-state index in [2.05, 4.69) is 17.9 Å². The number of hydrogen-bond acceptors (Lipinski definition) is 7. The molecule has 0 heterocycles. The van der Waals surface area contributed by atoms with E-state index in [-0.39, 0.29) is 23.7 Å². The first-order valence-electron chi connectivity index (χ1n) is 7.79. The minimum atomic E-state index is 0.0219. The Bertz CT molecular complexity index is 264. The first kappa shape index (κ1) is 21.8. The van der Waals surface area contributed by atoms with E-state index in [0.717, 1.165) is 6.54 Å². The second-order valence-electron chi connectivity index (χ2n) is 5.14. The summed E-state index contributed by atoms with van der Waals surface area (Å²) in [7, 11) is 0. The van der Waals surface area contributed by atoms with Crippen LogP contribution in [0.25, 0.3) is 0 Å². The Morgan fingerprint density at radius 2 is 1.32 bits per heavy atom. The number of Topliss-reactive ketones (excluding diaryl/α,β-unsaturated/α-hetero) is 1. The molecule has 22 heavy (non-hydrogen) atoms. The van der Waals surface area contributed by atoms with E-state index in [1.807, 2.05) is 20.8 Å². The van der Waals surface area contributed by atoms with E-state index in [0.29, 0.717) is 46.2 Å². The number of rotatable bonds is 16. The van der Waals surface area contributed by atoms with Crippen molar-refractivity contribution in [3.63, 3.8) is 0 Å². The molecule has 7 heteroatoms. The maximum absolute atomic E-state index is 11.3. The molecule has 0 saturated carbocycles. The second-order valence-corrected chi connectivity index (χ2v) is 5.92. The Morgan fingerprint density at radius 1 is 0.864 bits per heavy atom. The molecule has 0 fully saturated rings. The maximum atomic E-state index is 11.3. The molecule has 0 aromatic carbocycles. The Labute approximate surface area is 139 Å². The summed E-state index contributed by atoms with van der Waals surface area (Å²) in [5.41, 5.74) is 0. The van der Waals surface area contributed by atoms with E-state index >= 15 is 0 Å². The molecular formula is C15H31NO5S. The molecule has 132 valence electrons. The minimum Gasteiger partial charge on any atom is -0.378 e. The first-order chi connectivity index (χ1) is 10.5. The maximum Gasteiger partial charge on any atom is 0.160 e. The van der Waals surface area contributed by atoms with Crippen molar-refractivity contribution in [1.29, 1.82) is 0 Å². The van der Waals surface area contributed by atoms with Gasteiger partial charge in [-0.25, -0.2) is 0 Å². The van der Waals surface area contributed by atoms with Crippen LogP contribution in [0.15, 0.2) is 0 Å². The third kappa shape index (κ3) is 16.2. The van der Waals surface area contributed by atoms with Crippen molar-refractivity contribution in [1.82, 2.24) is 5.32 Å². The summed E-state index contributed by atoms with van der Waals surface area (Å²) in [6.07, 6.45) is 0. The van der Waals surface area contributed by atoms with Gasteiger partial charge in [0.15, 0.2) is 5.78 Å². The predicted molar refractivity (Wildman–Crippen MR) is 89.6 cm³/mol. The van der Waals surface area contributed by atoms with Crippen molar-refractivity contribution in [3.8, 4) is 0 Å². The molecule has 0 aromatic heterocycles. The molecular weight excluding hydrogens is 306 g/mol. The molecule has 0 aliphatic heterocycles. The van der Waals surface area contributed by atoms with Gasteiger partial charge in [0.2, 0.25) is 0 Å². The van der Waals surface area contributed by atoms with E-state index in [1.165, 1.54) is 0 Å². The second kappa shape index (κ2) is 15.7. The Hall–Kier alpha value is -0.180. The van der Waals surface area contributed by atoms with Crippen LogP contribution in [0.5, 0.6) is 0 Å². The third-order valence-corrected chi connectivity index (χ3v) is 2.87. The lowest BCUT2D eigenvalue weighted by Gasteiger charge is -2.09. The van der Waals surface area contributed by atoms with Crippen LogP contribution in [0.1, 0.15) is 20.8 Å². The van der Waals surface area contributed by atoms with Gasteiger partial charge < -0.3 is 24.3 Å². The van der Waals surface area contributed by atoms with Crippen LogP contribution < -0.4 is 5.32 Å². The molecule has 0 unspecified atom stereocenters. The average Bonchev–Trinajstić information content (AvgIpc) is 2.46. The Morgan fingerprint density at radius 3 is 1.77 bits per heavy atom. The Kier molecular flexibility index (Phi) is 15.6. The zero-order valence-corrected chi connectivity index (χ0v) is 14.9. The summed E-state index contributed by atoms with van der Waals surface area (Å²) >= 11 is 4.20. The van der Waals surface area contributed by atoms with Gasteiger partial charge in [0, 0.05) is 17.8 Å². The zero-order valence-electron chi connectivity index (χ0n) is 14.0. The van der Waals surface area contributed by atoms with Crippen molar-refractivity contribution in [2.45, 2.75) is 26.1 Å². The molecule has 0 amide bonds. The molecule has 0 aliphatic carbocycles. The van der Waals surface area contributed by atoms with Crippen molar-refractivity contribution >= 4 is 18.4 Å². The van der Waals surface area contributed by atoms with Crippen LogP contribution in [-0.4, -0.2) is 70.6 Å². The van der Waals surface area contributed by atoms with Crippen molar-refractivity contribution in [2.24, 2.45) is 5.92 Å². The van der Waals surface area contributed by atoms with Gasteiger partial charge in [-0.3, -0.25) is 4.79 Å². The fourth-order valence-corrected chi connectivity index (χ4v) is 1.47. The molecule has 0 aliphatic rings. The lowest BCUT2D eigenvalue weighted by molar-refractivity contribution is -0.127. The van der Waals surface area contributed by atoms with E-state index in [1.54, 1.807) is 0 Å². The summed E-state index contributed by atoms with van der Waals surface area (Å²) < 4.78 is 21.3. The molecule has 0 rings (SSSR count). The highest BCUT2D eigenvalue weighted by Crippen LogP contribution is 1.94. The number of carbonyl (C=O) groups excluding carboxylic acids is 1.